The van der Waals surface area contributed by atoms with Crippen LogP contribution in [-0.2, 0) is 10.0 Å². The van der Waals surface area contributed by atoms with Crippen molar-refractivity contribution in [3.05, 3.63) is 41.2 Å². The van der Waals surface area contributed by atoms with Crippen molar-refractivity contribution in [3.8, 4) is 0 Å². The second-order valence-electron chi connectivity index (χ2n) is 3.50. The van der Waals surface area contributed by atoms with Gasteiger partial charge in [0, 0.05) is 11.2 Å². The number of halogens is 1. The number of nitrogens with one attached hydrogen (secondary N) is 2. The molecule has 90 valence electrons. The van der Waals surface area contributed by atoms with Crippen LogP contribution in [0, 0.1) is 6.92 Å². The van der Waals surface area contributed by atoms with Gasteiger partial charge in [0.25, 0.3) is 10.0 Å². The molecule has 1 aromatic heterocycles. The molecule has 1 heterocycles. The van der Waals surface area contributed by atoms with E-state index < -0.39 is 10.0 Å². The average Bonchev–Trinajstić information content (AvgIpc) is 2.77. The Labute approximate surface area is 104 Å². The molecule has 0 aliphatic carbocycles. The van der Waals surface area contributed by atoms with Crippen LogP contribution in [0.25, 0.3) is 0 Å². The highest BCUT2D eigenvalue weighted by Gasteiger charge is 2.16. The van der Waals surface area contributed by atoms with Gasteiger partial charge < -0.3 is 0 Å². The highest BCUT2D eigenvalue weighted by Crippen LogP contribution is 2.22. The van der Waals surface area contributed by atoms with Crippen LogP contribution in [0.3, 0.4) is 0 Å². The summed E-state index contributed by atoms with van der Waals surface area (Å²) in [4.78, 5) is 0.0804. The number of aromatic amines is 1. The maximum absolute atomic E-state index is 11.9. The van der Waals surface area contributed by atoms with Crippen molar-refractivity contribution >= 4 is 27.3 Å². The first-order valence-electron chi connectivity index (χ1n) is 4.77. The molecule has 2 aromatic rings. The van der Waals surface area contributed by atoms with Crippen LogP contribution in [0.4, 0.5) is 5.69 Å². The zero-order valence-electron chi connectivity index (χ0n) is 8.94. The lowest BCUT2D eigenvalue weighted by molar-refractivity contribution is 0.601. The molecule has 7 heteroatoms. The van der Waals surface area contributed by atoms with Crippen molar-refractivity contribution in [2.24, 2.45) is 0 Å². The van der Waals surface area contributed by atoms with E-state index in [9.17, 15) is 8.42 Å². The Morgan fingerprint density at radius 2 is 2.18 bits per heavy atom. The zero-order valence-corrected chi connectivity index (χ0v) is 10.5. The fourth-order valence-corrected chi connectivity index (χ4v) is 2.49. The fourth-order valence-electron chi connectivity index (χ4n) is 1.29. The zero-order chi connectivity index (χ0) is 12.5. The number of hydrogen-bond donors (Lipinski definition) is 2. The third kappa shape index (κ3) is 2.59. The summed E-state index contributed by atoms with van der Waals surface area (Å²) in [6.45, 7) is 1.80. The van der Waals surface area contributed by atoms with Gasteiger partial charge in [0.15, 0.2) is 0 Å². The van der Waals surface area contributed by atoms with Crippen LogP contribution in [0.2, 0.25) is 5.02 Å². The predicted octanol–water partition coefficient (Wildman–Crippen LogP) is 2.17. The molecule has 0 unspecified atom stereocenters. The summed E-state index contributed by atoms with van der Waals surface area (Å²) < 4.78 is 26.3. The van der Waals surface area contributed by atoms with Crippen molar-refractivity contribution in [2.45, 2.75) is 11.8 Å². The smallest absolute Gasteiger partial charge is 0.265 e. The molecular weight excluding hydrogens is 262 g/mol. The lowest BCUT2D eigenvalue weighted by atomic mass is 10.2. The molecule has 17 heavy (non-hydrogen) atoms. The molecule has 2 N–H and O–H groups in total. The van der Waals surface area contributed by atoms with E-state index in [1.165, 1.54) is 12.4 Å². The minimum atomic E-state index is -3.61. The quantitative estimate of drug-likeness (QED) is 0.898. The van der Waals surface area contributed by atoms with Gasteiger partial charge in [-0.1, -0.05) is 17.7 Å². The molecular formula is C10H10ClN3O2S. The summed E-state index contributed by atoms with van der Waals surface area (Å²) in [5.74, 6) is 0. The van der Waals surface area contributed by atoms with Crippen molar-refractivity contribution in [2.75, 3.05) is 4.72 Å². The Balaban J connectivity index is 2.36. The van der Waals surface area contributed by atoms with E-state index in [0.29, 0.717) is 10.7 Å². The molecule has 0 saturated heterocycles. The molecule has 0 spiro atoms. The maximum Gasteiger partial charge on any atom is 0.265 e. The van der Waals surface area contributed by atoms with Crippen LogP contribution in [0.5, 0.6) is 0 Å². The Morgan fingerprint density at radius 3 is 2.82 bits per heavy atom. The van der Waals surface area contributed by atoms with E-state index in [4.69, 9.17) is 11.6 Å². The molecule has 0 aliphatic rings. The number of hydrogen-bond acceptors (Lipinski definition) is 3. The molecule has 0 bridgehead atoms. The van der Waals surface area contributed by atoms with Gasteiger partial charge in [-0.3, -0.25) is 9.82 Å². The van der Waals surface area contributed by atoms with Crippen molar-refractivity contribution in [1.82, 2.24) is 10.2 Å². The van der Waals surface area contributed by atoms with Crippen molar-refractivity contribution in [1.29, 1.82) is 0 Å². The number of benzene rings is 1. The standard InChI is InChI=1S/C10H10ClN3O2S/c1-7-2-3-8(11)4-10(7)14-17(15,16)9-5-12-13-6-9/h2-6,14H,1H3,(H,12,13). The maximum atomic E-state index is 11.9. The topological polar surface area (TPSA) is 74.8 Å². The molecule has 1 aromatic carbocycles. The van der Waals surface area contributed by atoms with E-state index in [1.54, 1.807) is 25.1 Å². The average molecular weight is 272 g/mol. The first-order valence-corrected chi connectivity index (χ1v) is 6.63. The fraction of sp³-hybridized carbons (Fsp3) is 0.100. The largest absolute Gasteiger partial charge is 0.284 e. The number of nitrogens with zero attached hydrogens (tertiary/aromatic N) is 1. The molecule has 0 atom stereocenters. The minimum Gasteiger partial charge on any atom is -0.284 e. The van der Waals surface area contributed by atoms with Gasteiger partial charge in [-0.15, -0.1) is 0 Å². The molecule has 0 fully saturated rings. The Hall–Kier alpha value is -1.53. The summed E-state index contributed by atoms with van der Waals surface area (Å²) in [5.41, 5.74) is 1.25. The second kappa shape index (κ2) is 4.38. The van der Waals surface area contributed by atoms with Gasteiger partial charge in [-0.25, -0.2) is 8.42 Å². The molecule has 0 aliphatic heterocycles. The third-order valence-corrected chi connectivity index (χ3v) is 3.79. The monoisotopic (exact) mass is 271 g/mol. The summed E-state index contributed by atoms with van der Waals surface area (Å²) in [5, 5.41) is 6.52. The number of rotatable bonds is 3. The number of aryl methyl sites for hydroxylation is 1. The van der Waals surface area contributed by atoms with Gasteiger partial charge in [-0.05, 0) is 24.6 Å². The van der Waals surface area contributed by atoms with Crippen molar-refractivity contribution < 1.29 is 8.42 Å². The van der Waals surface area contributed by atoms with E-state index >= 15 is 0 Å². The predicted molar refractivity (Wildman–Crippen MR) is 65.6 cm³/mol. The number of sulfonamides is 1. The number of anilines is 1. The van der Waals surface area contributed by atoms with Crippen LogP contribution in [-0.4, -0.2) is 18.6 Å². The Kier molecular flexibility index (Phi) is 3.08. The highest BCUT2D eigenvalue weighted by molar-refractivity contribution is 7.92. The highest BCUT2D eigenvalue weighted by atomic mass is 35.5. The van der Waals surface area contributed by atoms with E-state index in [1.807, 2.05) is 0 Å². The summed E-state index contributed by atoms with van der Waals surface area (Å²) in [7, 11) is -3.61. The lowest BCUT2D eigenvalue weighted by Gasteiger charge is -2.09. The van der Waals surface area contributed by atoms with Crippen LogP contribution >= 0.6 is 11.6 Å². The normalized spacial score (nSPS) is 11.4. The molecule has 2 rings (SSSR count). The lowest BCUT2D eigenvalue weighted by Crippen LogP contribution is -2.13. The number of H-pyrrole nitrogens is 1. The van der Waals surface area contributed by atoms with Gasteiger partial charge in [-0.2, -0.15) is 5.10 Å². The Bertz CT molecular complexity index is 623. The summed E-state index contributed by atoms with van der Waals surface area (Å²) >= 11 is 5.82. The van der Waals surface area contributed by atoms with E-state index in [0.717, 1.165) is 5.56 Å². The van der Waals surface area contributed by atoms with Gasteiger partial charge >= 0.3 is 0 Å². The second-order valence-corrected chi connectivity index (χ2v) is 5.62. The SMILES string of the molecule is Cc1ccc(Cl)cc1NS(=O)(=O)c1cn[nH]c1. The van der Waals surface area contributed by atoms with E-state index in [2.05, 4.69) is 14.9 Å². The minimum absolute atomic E-state index is 0.0804. The molecule has 0 saturated carbocycles. The van der Waals surface area contributed by atoms with Crippen LogP contribution < -0.4 is 4.72 Å². The van der Waals surface area contributed by atoms with E-state index in [-0.39, 0.29) is 4.90 Å². The first kappa shape index (κ1) is 11.9. The van der Waals surface area contributed by atoms with Crippen LogP contribution in [0.1, 0.15) is 5.56 Å². The molecule has 0 radical (unpaired) electrons. The van der Waals surface area contributed by atoms with Crippen molar-refractivity contribution in [3.63, 3.8) is 0 Å². The van der Waals surface area contributed by atoms with Gasteiger partial charge in [0.05, 0.1) is 11.9 Å². The number of aromatic nitrogens is 2. The molecule has 5 nitrogen and oxygen atoms in total. The first-order chi connectivity index (χ1) is 7.99. The third-order valence-electron chi connectivity index (χ3n) is 2.23. The molecule has 0 amide bonds. The summed E-state index contributed by atoms with van der Waals surface area (Å²) in [6.07, 6.45) is 2.55. The van der Waals surface area contributed by atoms with Crippen LogP contribution in [0.15, 0.2) is 35.5 Å². The Morgan fingerprint density at radius 1 is 1.41 bits per heavy atom. The summed E-state index contributed by atoms with van der Waals surface area (Å²) in [6, 6.07) is 5.01. The van der Waals surface area contributed by atoms with Gasteiger partial charge in [0.1, 0.15) is 4.90 Å². The van der Waals surface area contributed by atoms with Gasteiger partial charge in [0.2, 0.25) is 0 Å².